The summed E-state index contributed by atoms with van der Waals surface area (Å²) in [6, 6.07) is 0.641. The highest BCUT2D eigenvalue weighted by Crippen LogP contribution is 2.42. The zero-order valence-corrected chi connectivity index (χ0v) is 12.8. The van der Waals surface area contributed by atoms with Crippen LogP contribution in [0.1, 0.15) is 72.1 Å². The lowest BCUT2D eigenvalue weighted by Crippen LogP contribution is -2.39. The van der Waals surface area contributed by atoms with Gasteiger partial charge in [0.25, 0.3) is 0 Å². The topological polar surface area (TPSA) is 32.3 Å². The number of nitrogens with zero attached hydrogens (tertiary/aromatic N) is 1. The molecule has 3 nitrogen and oxygen atoms in total. The Hall–Kier alpha value is -0.570. The van der Waals surface area contributed by atoms with Crippen molar-refractivity contribution in [2.45, 2.75) is 90.4 Å². The molecule has 1 amide bonds. The van der Waals surface area contributed by atoms with Crippen LogP contribution >= 0.6 is 0 Å². The second-order valence-electron chi connectivity index (χ2n) is 6.26. The van der Waals surface area contributed by atoms with E-state index in [0.29, 0.717) is 18.1 Å². The van der Waals surface area contributed by atoms with E-state index in [0.717, 1.165) is 31.6 Å². The van der Waals surface area contributed by atoms with Crippen LogP contribution in [0.3, 0.4) is 0 Å². The van der Waals surface area contributed by atoms with Gasteiger partial charge >= 0.3 is 0 Å². The van der Waals surface area contributed by atoms with Gasteiger partial charge in [-0.2, -0.15) is 0 Å². The van der Waals surface area contributed by atoms with Gasteiger partial charge in [0.1, 0.15) is 0 Å². The van der Waals surface area contributed by atoms with Gasteiger partial charge in [0, 0.05) is 6.04 Å². The smallest absolute Gasteiger partial charge is 0.241 e. The van der Waals surface area contributed by atoms with E-state index >= 15 is 0 Å². The van der Waals surface area contributed by atoms with Crippen LogP contribution in [0.4, 0.5) is 0 Å². The van der Waals surface area contributed by atoms with Crippen LogP contribution in [0.15, 0.2) is 0 Å². The van der Waals surface area contributed by atoms with E-state index in [1.54, 1.807) is 0 Å². The molecule has 4 unspecified atom stereocenters. The van der Waals surface area contributed by atoms with Crippen LogP contribution in [0.5, 0.6) is 0 Å². The quantitative estimate of drug-likeness (QED) is 0.731. The molecule has 3 heteroatoms. The third-order valence-electron chi connectivity index (χ3n) is 4.59. The normalized spacial score (nSPS) is 34.1. The summed E-state index contributed by atoms with van der Waals surface area (Å²) in [5, 5.41) is 3.59. The first kappa shape index (κ1) is 14.8. The second kappa shape index (κ2) is 6.74. The highest BCUT2D eigenvalue weighted by Gasteiger charge is 2.50. The number of amides is 1. The van der Waals surface area contributed by atoms with E-state index in [1.807, 2.05) is 0 Å². The van der Waals surface area contributed by atoms with Crippen LogP contribution < -0.4 is 5.32 Å². The lowest BCUT2D eigenvalue weighted by Gasteiger charge is -2.24. The number of carbonyl (C=O) groups excluding carboxylic acids is 1. The molecule has 0 radical (unpaired) electrons. The molecule has 1 aliphatic heterocycles. The standard InChI is InChI=1S/C16H30N2O/c1-4-7-10-13-16(19)18(15(17-13)9-6-3)14-11-12(14)8-5-2/h12-15,17H,4-11H2,1-3H3. The minimum absolute atomic E-state index is 0.0966. The van der Waals surface area contributed by atoms with Gasteiger partial charge in [-0.1, -0.05) is 46.5 Å². The van der Waals surface area contributed by atoms with Gasteiger partial charge in [-0.25, -0.2) is 0 Å². The van der Waals surface area contributed by atoms with Crippen molar-refractivity contribution in [3.05, 3.63) is 0 Å². The Bertz CT molecular complexity index is 305. The maximum atomic E-state index is 12.6. The van der Waals surface area contributed by atoms with Crippen LogP contribution in [0, 0.1) is 5.92 Å². The van der Waals surface area contributed by atoms with Gasteiger partial charge in [-0.05, 0) is 31.6 Å². The Kier molecular flexibility index (Phi) is 5.26. The first-order valence-corrected chi connectivity index (χ1v) is 8.31. The van der Waals surface area contributed by atoms with Crippen LogP contribution in [0.25, 0.3) is 0 Å². The summed E-state index contributed by atoms with van der Waals surface area (Å²) in [5.74, 6) is 1.16. The zero-order chi connectivity index (χ0) is 13.8. The number of nitrogens with one attached hydrogen (secondary N) is 1. The van der Waals surface area contributed by atoms with Crippen molar-refractivity contribution < 1.29 is 4.79 Å². The van der Waals surface area contributed by atoms with Gasteiger partial charge in [-0.15, -0.1) is 0 Å². The summed E-state index contributed by atoms with van der Waals surface area (Å²) in [6.07, 6.45) is 9.66. The predicted octanol–water partition coefficient (Wildman–Crippen LogP) is 3.29. The first-order chi connectivity index (χ1) is 9.22. The van der Waals surface area contributed by atoms with Crippen molar-refractivity contribution in [1.82, 2.24) is 10.2 Å². The molecular formula is C16H30N2O. The Morgan fingerprint density at radius 1 is 1.11 bits per heavy atom. The van der Waals surface area contributed by atoms with Crippen molar-refractivity contribution >= 4 is 5.91 Å². The molecule has 0 spiro atoms. The molecule has 19 heavy (non-hydrogen) atoms. The molecule has 0 aromatic rings. The molecule has 1 N–H and O–H groups in total. The van der Waals surface area contributed by atoms with E-state index in [2.05, 4.69) is 31.0 Å². The number of hydrogen-bond acceptors (Lipinski definition) is 2. The molecule has 1 aliphatic carbocycles. The van der Waals surface area contributed by atoms with Gasteiger partial charge in [0.15, 0.2) is 0 Å². The lowest BCUT2D eigenvalue weighted by molar-refractivity contribution is -0.131. The Balaban J connectivity index is 1.96. The summed E-state index contributed by atoms with van der Waals surface area (Å²) in [6.45, 7) is 6.64. The average Bonchev–Trinajstić information content (AvgIpc) is 3.06. The van der Waals surface area contributed by atoms with Crippen molar-refractivity contribution in [3.8, 4) is 0 Å². The molecule has 4 atom stereocenters. The van der Waals surface area contributed by atoms with Gasteiger partial charge in [0.05, 0.1) is 12.2 Å². The van der Waals surface area contributed by atoms with Gasteiger partial charge in [-0.3, -0.25) is 10.1 Å². The highest BCUT2D eigenvalue weighted by molar-refractivity contribution is 5.85. The number of unbranched alkanes of at least 4 members (excludes halogenated alkanes) is 1. The maximum Gasteiger partial charge on any atom is 0.241 e. The fourth-order valence-electron chi connectivity index (χ4n) is 3.48. The van der Waals surface area contributed by atoms with Crippen molar-refractivity contribution in [1.29, 1.82) is 0 Å². The summed E-state index contributed by atoms with van der Waals surface area (Å²) < 4.78 is 0. The molecule has 0 bridgehead atoms. The van der Waals surface area contributed by atoms with E-state index in [1.165, 1.54) is 25.7 Å². The molecule has 1 heterocycles. The molecule has 2 rings (SSSR count). The fraction of sp³-hybridized carbons (Fsp3) is 0.938. The molecular weight excluding hydrogens is 236 g/mol. The second-order valence-corrected chi connectivity index (χ2v) is 6.26. The largest absolute Gasteiger partial charge is 0.323 e. The minimum atomic E-state index is 0.0966. The van der Waals surface area contributed by atoms with E-state index in [9.17, 15) is 4.79 Å². The van der Waals surface area contributed by atoms with Crippen LogP contribution in [-0.4, -0.2) is 29.1 Å². The molecule has 0 aromatic carbocycles. The molecule has 2 aliphatic rings. The highest BCUT2D eigenvalue weighted by atomic mass is 16.2. The van der Waals surface area contributed by atoms with Crippen LogP contribution in [0.2, 0.25) is 0 Å². The first-order valence-electron chi connectivity index (χ1n) is 8.31. The third-order valence-corrected chi connectivity index (χ3v) is 4.59. The van der Waals surface area contributed by atoms with Gasteiger partial charge in [0.2, 0.25) is 5.91 Å². The average molecular weight is 266 g/mol. The SMILES string of the molecule is CCCCC1NC(CCC)N(C2CC2CCC)C1=O. The van der Waals surface area contributed by atoms with Crippen molar-refractivity contribution in [2.24, 2.45) is 5.92 Å². The summed E-state index contributed by atoms with van der Waals surface area (Å²) in [5.41, 5.74) is 0. The lowest BCUT2D eigenvalue weighted by atomic mass is 10.1. The molecule has 2 fully saturated rings. The summed E-state index contributed by atoms with van der Waals surface area (Å²) in [4.78, 5) is 14.8. The Morgan fingerprint density at radius 2 is 1.84 bits per heavy atom. The molecule has 0 aromatic heterocycles. The molecule has 110 valence electrons. The number of carbonyl (C=O) groups is 1. The summed E-state index contributed by atoms with van der Waals surface area (Å²) in [7, 11) is 0. The molecule has 1 saturated heterocycles. The minimum Gasteiger partial charge on any atom is -0.323 e. The van der Waals surface area contributed by atoms with Crippen LogP contribution in [-0.2, 0) is 4.79 Å². The van der Waals surface area contributed by atoms with E-state index in [4.69, 9.17) is 0 Å². The zero-order valence-electron chi connectivity index (χ0n) is 12.8. The fourth-order valence-corrected chi connectivity index (χ4v) is 3.48. The molecule has 1 saturated carbocycles. The van der Waals surface area contributed by atoms with E-state index in [-0.39, 0.29) is 6.04 Å². The number of hydrogen-bond donors (Lipinski definition) is 1. The number of rotatable bonds is 8. The van der Waals surface area contributed by atoms with E-state index < -0.39 is 0 Å². The Morgan fingerprint density at radius 3 is 2.47 bits per heavy atom. The Labute approximate surface area is 118 Å². The monoisotopic (exact) mass is 266 g/mol. The summed E-state index contributed by atoms with van der Waals surface area (Å²) >= 11 is 0. The maximum absolute atomic E-state index is 12.6. The van der Waals surface area contributed by atoms with Crippen molar-refractivity contribution in [3.63, 3.8) is 0 Å². The third kappa shape index (κ3) is 3.31. The van der Waals surface area contributed by atoms with Gasteiger partial charge < -0.3 is 4.90 Å². The van der Waals surface area contributed by atoms with Crippen molar-refractivity contribution in [2.75, 3.05) is 0 Å². The predicted molar refractivity (Wildman–Crippen MR) is 78.8 cm³/mol.